The van der Waals surface area contributed by atoms with Crippen molar-refractivity contribution < 1.29 is 5.11 Å². The zero-order valence-electron chi connectivity index (χ0n) is 11.7. The number of hydrogen-bond acceptors (Lipinski definition) is 4. The highest BCUT2D eigenvalue weighted by Gasteiger charge is 2.17. The Morgan fingerprint density at radius 2 is 1.71 bits per heavy atom. The number of aliphatic hydroxyl groups excluding tert-OH is 1. The van der Waals surface area contributed by atoms with Gasteiger partial charge >= 0.3 is 0 Å². The van der Waals surface area contributed by atoms with E-state index in [1.165, 1.54) is 32.7 Å². The minimum atomic E-state index is 0.240. The number of piperazine rings is 1. The molecule has 1 aliphatic rings. The molecule has 1 heterocycles. The highest BCUT2D eigenvalue weighted by molar-refractivity contribution is 4.74. The number of likely N-dealkylation sites (N-methyl/N-ethyl adjacent to an activating group) is 1. The molecule has 1 atom stereocenters. The van der Waals surface area contributed by atoms with E-state index in [4.69, 9.17) is 5.11 Å². The van der Waals surface area contributed by atoms with Crippen molar-refractivity contribution in [3.63, 3.8) is 0 Å². The maximum Gasteiger partial charge on any atom is 0.0585 e. The molecular weight excluding hydrogens is 214 g/mol. The second-order valence-electron chi connectivity index (χ2n) is 5.49. The Morgan fingerprint density at radius 1 is 1.12 bits per heavy atom. The van der Waals surface area contributed by atoms with Crippen molar-refractivity contribution >= 4 is 0 Å². The van der Waals surface area contributed by atoms with Crippen LogP contribution in [0.2, 0.25) is 0 Å². The van der Waals surface area contributed by atoms with E-state index in [1.807, 2.05) is 7.05 Å². The molecule has 2 N–H and O–H groups in total. The lowest BCUT2D eigenvalue weighted by Crippen LogP contribution is -2.48. The lowest BCUT2D eigenvalue weighted by molar-refractivity contribution is 0.115. The smallest absolute Gasteiger partial charge is 0.0585 e. The second-order valence-corrected chi connectivity index (χ2v) is 5.49. The fourth-order valence-electron chi connectivity index (χ4n) is 2.38. The van der Waals surface area contributed by atoms with Gasteiger partial charge in [-0.05, 0) is 25.9 Å². The van der Waals surface area contributed by atoms with Crippen LogP contribution in [-0.4, -0.2) is 73.9 Å². The van der Waals surface area contributed by atoms with Gasteiger partial charge in [-0.1, -0.05) is 13.8 Å². The third kappa shape index (κ3) is 5.82. The van der Waals surface area contributed by atoms with Crippen molar-refractivity contribution in [1.29, 1.82) is 0 Å². The van der Waals surface area contributed by atoms with Gasteiger partial charge in [-0.3, -0.25) is 0 Å². The van der Waals surface area contributed by atoms with E-state index in [0.717, 1.165) is 18.9 Å². The summed E-state index contributed by atoms with van der Waals surface area (Å²) in [6, 6.07) is 0.253. The molecule has 1 aliphatic heterocycles. The first-order chi connectivity index (χ1) is 8.15. The largest absolute Gasteiger partial charge is 0.395 e. The SMILES string of the molecule is CNC(CO)CCN1CCN(CC(C)C)CC1. The minimum Gasteiger partial charge on any atom is -0.395 e. The molecule has 0 aromatic carbocycles. The fraction of sp³-hybridized carbons (Fsp3) is 1.00. The molecule has 1 fully saturated rings. The molecule has 0 spiro atoms. The van der Waals surface area contributed by atoms with Crippen LogP contribution in [0, 0.1) is 5.92 Å². The van der Waals surface area contributed by atoms with Gasteiger partial charge in [-0.2, -0.15) is 0 Å². The second kappa shape index (κ2) is 8.03. The van der Waals surface area contributed by atoms with Gasteiger partial charge in [0.1, 0.15) is 0 Å². The molecule has 4 heteroatoms. The molecule has 17 heavy (non-hydrogen) atoms. The Hall–Kier alpha value is -0.160. The molecule has 102 valence electrons. The van der Waals surface area contributed by atoms with Gasteiger partial charge < -0.3 is 20.2 Å². The Balaban J connectivity index is 2.14. The normalized spacial score (nSPS) is 21.0. The number of aliphatic hydroxyl groups is 1. The number of nitrogens with one attached hydrogen (secondary N) is 1. The van der Waals surface area contributed by atoms with Crippen LogP contribution in [-0.2, 0) is 0 Å². The first kappa shape index (κ1) is 14.9. The lowest BCUT2D eigenvalue weighted by atomic mass is 10.1. The Labute approximate surface area is 106 Å². The van der Waals surface area contributed by atoms with Crippen LogP contribution in [0.25, 0.3) is 0 Å². The van der Waals surface area contributed by atoms with E-state index >= 15 is 0 Å². The molecule has 0 amide bonds. The van der Waals surface area contributed by atoms with Crippen LogP contribution in [0.3, 0.4) is 0 Å². The van der Waals surface area contributed by atoms with Crippen molar-refractivity contribution in [3.8, 4) is 0 Å². The molecule has 0 saturated carbocycles. The van der Waals surface area contributed by atoms with Crippen LogP contribution in [0.5, 0.6) is 0 Å². The van der Waals surface area contributed by atoms with Gasteiger partial charge in [0, 0.05) is 38.8 Å². The van der Waals surface area contributed by atoms with Crippen LogP contribution in [0.1, 0.15) is 20.3 Å². The Morgan fingerprint density at radius 3 is 2.18 bits per heavy atom. The molecule has 0 aromatic heterocycles. The molecule has 4 nitrogen and oxygen atoms in total. The summed E-state index contributed by atoms with van der Waals surface area (Å²) in [5.41, 5.74) is 0. The van der Waals surface area contributed by atoms with Crippen LogP contribution >= 0.6 is 0 Å². The van der Waals surface area contributed by atoms with Crippen LogP contribution in [0.4, 0.5) is 0 Å². The summed E-state index contributed by atoms with van der Waals surface area (Å²) < 4.78 is 0. The van der Waals surface area contributed by atoms with Crippen molar-refractivity contribution in [2.75, 3.05) is 52.9 Å². The Bertz CT molecular complexity index is 187. The van der Waals surface area contributed by atoms with Gasteiger partial charge in [0.05, 0.1) is 6.61 Å². The maximum absolute atomic E-state index is 9.11. The minimum absolute atomic E-state index is 0.240. The molecular formula is C13H29N3O. The van der Waals surface area contributed by atoms with Gasteiger partial charge in [0.15, 0.2) is 0 Å². The highest BCUT2D eigenvalue weighted by atomic mass is 16.3. The zero-order valence-corrected chi connectivity index (χ0v) is 11.7. The zero-order chi connectivity index (χ0) is 12.7. The quantitative estimate of drug-likeness (QED) is 0.671. The maximum atomic E-state index is 9.11. The standard InChI is InChI=1S/C13H29N3O/c1-12(2)10-16-8-6-15(7-9-16)5-4-13(11-17)14-3/h12-14,17H,4-11H2,1-3H3. The van der Waals surface area contributed by atoms with Gasteiger partial charge in [0.2, 0.25) is 0 Å². The van der Waals surface area contributed by atoms with Crippen molar-refractivity contribution in [2.24, 2.45) is 5.92 Å². The third-order valence-electron chi connectivity index (χ3n) is 3.51. The summed E-state index contributed by atoms with van der Waals surface area (Å²) in [4.78, 5) is 5.07. The van der Waals surface area contributed by atoms with Crippen molar-refractivity contribution in [1.82, 2.24) is 15.1 Å². The highest BCUT2D eigenvalue weighted by Crippen LogP contribution is 2.06. The number of hydrogen-bond donors (Lipinski definition) is 2. The summed E-state index contributed by atoms with van der Waals surface area (Å²) in [5.74, 6) is 0.768. The topological polar surface area (TPSA) is 38.7 Å². The summed E-state index contributed by atoms with van der Waals surface area (Å²) in [6.07, 6.45) is 1.04. The van der Waals surface area contributed by atoms with Gasteiger partial charge in [-0.15, -0.1) is 0 Å². The number of nitrogens with zero attached hydrogens (tertiary/aromatic N) is 2. The summed E-state index contributed by atoms with van der Waals surface area (Å²) in [7, 11) is 1.92. The Kier molecular flexibility index (Phi) is 7.04. The van der Waals surface area contributed by atoms with Crippen LogP contribution < -0.4 is 5.32 Å². The monoisotopic (exact) mass is 243 g/mol. The molecule has 0 bridgehead atoms. The lowest BCUT2D eigenvalue weighted by Gasteiger charge is -2.36. The third-order valence-corrected chi connectivity index (χ3v) is 3.51. The first-order valence-corrected chi connectivity index (χ1v) is 6.88. The molecule has 0 aliphatic carbocycles. The fourth-order valence-corrected chi connectivity index (χ4v) is 2.38. The molecule has 0 radical (unpaired) electrons. The van der Waals surface area contributed by atoms with Gasteiger partial charge in [-0.25, -0.2) is 0 Å². The molecule has 0 aromatic rings. The van der Waals surface area contributed by atoms with Crippen molar-refractivity contribution in [2.45, 2.75) is 26.3 Å². The number of rotatable bonds is 7. The predicted molar refractivity (Wildman–Crippen MR) is 72.3 cm³/mol. The average Bonchev–Trinajstić information content (AvgIpc) is 2.32. The van der Waals surface area contributed by atoms with Gasteiger partial charge in [0.25, 0.3) is 0 Å². The molecule has 1 unspecified atom stereocenters. The average molecular weight is 243 g/mol. The molecule has 1 saturated heterocycles. The van der Waals surface area contributed by atoms with E-state index in [2.05, 4.69) is 29.0 Å². The first-order valence-electron chi connectivity index (χ1n) is 6.88. The van der Waals surface area contributed by atoms with E-state index < -0.39 is 0 Å². The van der Waals surface area contributed by atoms with E-state index in [9.17, 15) is 0 Å². The summed E-state index contributed by atoms with van der Waals surface area (Å²) in [6.45, 7) is 11.9. The van der Waals surface area contributed by atoms with Crippen molar-refractivity contribution in [3.05, 3.63) is 0 Å². The summed E-state index contributed by atoms with van der Waals surface area (Å²) in [5, 5.41) is 12.2. The summed E-state index contributed by atoms with van der Waals surface area (Å²) >= 11 is 0. The molecule has 1 rings (SSSR count). The van der Waals surface area contributed by atoms with E-state index in [0.29, 0.717) is 0 Å². The van der Waals surface area contributed by atoms with Crippen LogP contribution in [0.15, 0.2) is 0 Å². The van der Waals surface area contributed by atoms with E-state index in [-0.39, 0.29) is 12.6 Å². The predicted octanol–water partition coefficient (Wildman–Crippen LogP) is 0.230. The van der Waals surface area contributed by atoms with E-state index in [1.54, 1.807) is 0 Å².